The van der Waals surface area contributed by atoms with E-state index in [0.29, 0.717) is 5.92 Å². The van der Waals surface area contributed by atoms with Crippen molar-refractivity contribution in [2.24, 2.45) is 5.92 Å². The molecule has 0 saturated heterocycles. The van der Waals surface area contributed by atoms with Crippen LogP contribution in [-0.2, 0) is 0 Å². The Kier molecular flexibility index (Phi) is 4.03. The molecule has 0 spiro atoms. The van der Waals surface area contributed by atoms with E-state index in [-0.39, 0.29) is 5.38 Å². The molecular formula is C10H15ClN2. The highest BCUT2D eigenvalue weighted by Crippen LogP contribution is 2.11. The van der Waals surface area contributed by atoms with E-state index >= 15 is 0 Å². The first-order valence-corrected chi connectivity index (χ1v) is 4.91. The Morgan fingerprint density at radius 2 is 2.00 bits per heavy atom. The zero-order valence-corrected chi connectivity index (χ0v) is 8.75. The predicted octanol–water partition coefficient (Wildman–Crippen LogP) is 2.76. The van der Waals surface area contributed by atoms with Gasteiger partial charge in [-0.3, -0.25) is 4.98 Å². The van der Waals surface area contributed by atoms with Crippen LogP contribution in [0.1, 0.15) is 13.8 Å². The van der Waals surface area contributed by atoms with Gasteiger partial charge in [0.2, 0.25) is 0 Å². The molecule has 1 heterocycles. The van der Waals surface area contributed by atoms with Crippen LogP contribution in [0, 0.1) is 5.92 Å². The summed E-state index contributed by atoms with van der Waals surface area (Å²) in [4.78, 5) is 3.93. The minimum absolute atomic E-state index is 0.174. The average Bonchev–Trinajstić information content (AvgIpc) is 2.15. The first kappa shape index (κ1) is 10.3. The number of hydrogen-bond donors (Lipinski definition) is 1. The molecule has 1 unspecified atom stereocenters. The Balaban J connectivity index is 2.35. The lowest BCUT2D eigenvalue weighted by Crippen LogP contribution is -2.19. The van der Waals surface area contributed by atoms with Gasteiger partial charge in [0.25, 0.3) is 0 Å². The lowest BCUT2D eigenvalue weighted by atomic mass is 10.1. The zero-order chi connectivity index (χ0) is 9.68. The quantitative estimate of drug-likeness (QED) is 0.753. The summed E-state index contributed by atoms with van der Waals surface area (Å²) in [5.41, 5.74) is 1.07. The van der Waals surface area contributed by atoms with Crippen LogP contribution in [-0.4, -0.2) is 16.9 Å². The Morgan fingerprint density at radius 1 is 1.38 bits per heavy atom. The molecule has 1 N–H and O–H groups in total. The Hall–Kier alpha value is -0.760. The Morgan fingerprint density at radius 3 is 2.54 bits per heavy atom. The van der Waals surface area contributed by atoms with Gasteiger partial charge in [-0.25, -0.2) is 0 Å². The number of nitrogens with one attached hydrogen (secondary N) is 1. The largest absolute Gasteiger partial charge is 0.383 e. The van der Waals surface area contributed by atoms with Gasteiger partial charge in [-0.15, -0.1) is 11.6 Å². The second-order valence-electron chi connectivity index (χ2n) is 3.38. The third-order valence-electron chi connectivity index (χ3n) is 1.90. The van der Waals surface area contributed by atoms with E-state index in [0.717, 1.165) is 12.2 Å². The number of alkyl halides is 1. The lowest BCUT2D eigenvalue weighted by Gasteiger charge is -2.14. The number of anilines is 1. The summed E-state index contributed by atoms with van der Waals surface area (Å²) in [5, 5.41) is 3.43. The molecule has 13 heavy (non-hydrogen) atoms. The molecule has 3 heteroatoms. The summed E-state index contributed by atoms with van der Waals surface area (Å²) in [6.07, 6.45) is 3.53. The highest BCUT2D eigenvalue weighted by molar-refractivity contribution is 6.21. The molecule has 0 amide bonds. The molecule has 1 aromatic heterocycles. The van der Waals surface area contributed by atoms with E-state index in [9.17, 15) is 0 Å². The van der Waals surface area contributed by atoms with Crippen molar-refractivity contribution in [2.75, 3.05) is 11.9 Å². The van der Waals surface area contributed by atoms with Crippen molar-refractivity contribution in [3.63, 3.8) is 0 Å². The SMILES string of the molecule is CC(C)C(Cl)CNc1ccncc1. The van der Waals surface area contributed by atoms with Gasteiger partial charge in [-0.1, -0.05) is 13.8 Å². The molecule has 0 aromatic carbocycles. The highest BCUT2D eigenvalue weighted by atomic mass is 35.5. The molecule has 0 aliphatic carbocycles. The number of pyridine rings is 1. The number of halogens is 1. The standard InChI is InChI=1S/C10H15ClN2/c1-8(2)10(11)7-13-9-3-5-12-6-4-9/h3-6,8,10H,7H2,1-2H3,(H,12,13). The number of hydrogen-bond acceptors (Lipinski definition) is 2. The van der Waals surface area contributed by atoms with Gasteiger partial charge in [0.05, 0.1) is 5.38 Å². The van der Waals surface area contributed by atoms with Crippen LogP contribution in [0.3, 0.4) is 0 Å². The van der Waals surface area contributed by atoms with E-state index in [2.05, 4.69) is 24.1 Å². The number of nitrogens with zero attached hydrogens (tertiary/aromatic N) is 1. The fraction of sp³-hybridized carbons (Fsp3) is 0.500. The first-order valence-electron chi connectivity index (χ1n) is 4.48. The van der Waals surface area contributed by atoms with E-state index in [1.165, 1.54) is 0 Å². The number of aromatic nitrogens is 1. The van der Waals surface area contributed by atoms with Crippen LogP contribution in [0.5, 0.6) is 0 Å². The van der Waals surface area contributed by atoms with Crippen LogP contribution in [0.15, 0.2) is 24.5 Å². The van der Waals surface area contributed by atoms with Crippen LogP contribution >= 0.6 is 11.6 Å². The molecule has 1 aromatic rings. The predicted molar refractivity (Wildman–Crippen MR) is 57.2 cm³/mol. The normalized spacial score (nSPS) is 12.9. The van der Waals surface area contributed by atoms with Gasteiger partial charge >= 0.3 is 0 Å². The second kappa shape index (κ2) is 5.07. The average molecular weight is 199 g/mol. The van der Waals surface area contributed by atoms with Crippen molar-refractivity contribution in [1.82, 2.24) is 4.98 Å². The molecule has 0 radical (unpaired) electrons. The molecule has 0 saturated carbocycles. The fourth-order valence-corrected chi connectivity index (χ4v) is 0.998. The van der Waals surface area contributed by atoms with Crippen molar-refractivity contribution >= 4 is 17.3 Å². The minimum atomic E-state index is 0.174. The smallest absolute Gasteiger partial charge is 0.0531 e. The third kappa shape index (κ3) is 3.64. The summed E-state index contributed by atoms with van der Waals surface area (Å²) >= 11 is 6.09. The van der Waals surface area contributed by atoms with Gasteiger partial charge in [-0.2, -0.15) is 0 Å². The molecule has 2 nitrogen and oxygen atoms in total. The van der Waals surface area contributed by atoms with Crippen molar-refractivity contribution in [1.29, 1.82) is 0 Å². The van der Waals surface area contributed by atoms with Crippen LogP contribution in [0.4, 0.5) is 5.69 Å². The van der Waals surface area contributed by atoms with Crippen LogP contribution in [0.25, 0.3) is 0 Å². The highest BCUT2D eigenvalue weighted by Gasteiger charge is 2.08. The molecule has 0 aliphatic heterocycles. The maximum atomic E-state index is 6.09. The molecule has 0 bridgehead atoms. The maximum absolute atomic E-state index is 6.09. The monoisotopic (exact) mass is 198 g/mol. The van der Waals surface area contributed by atoms with Gasteiger partial charge in [-0.05, 0) is 18.1 Å². The zero-order valence-electron chi connectivity index (χ0n) is 8.00. The second-order valence-corrected chi connectivity index (χ2v) is 3.94. The molecule has 1 atom stereocenters. The summed E-state index contributed by atoms with van der Waals surface area (Å²) in [6.45, 7) is 5.03. The van der Waals surface area contributed by atoms with Crippen molar-refractivity contribution in [3.8, 4) is 0 Å². The summed E-state index contributed by atoms with van der Waals surface area (Å²) in [6, 6.07) is 3.87. The molecule has 0 aliphatic rings. The topological polar surface area (TPSA) is 24.9 Å². The van der Waals surface area contributed by atoms with Crippen molar-refractivity contribution in [3.05, 3.63) is 24.5 Å². The van der Waals surface area contributed by atoms with E-state index in [1.54, 1.807) is 12.4 Å². The summed E-state index contributed by atoms with van der Waals surface area (Å²) < 4.78 is 0. The number of rotatable bonds is 4. The van der Waals surface area contributed by atoms with Crippen LogP contribution < -0.4 is 5.32 Å². The Labute approximate surface area is 84.3 Å². The van der Waals surface area contributed by atoms with Crippen molar-refractivity contribution < 1.29 is 0 Å². The molecule has 1 rings (SSSR count). The van der Waals surface area contributed by atoms with E-state index < -0.39 is 0 Å². The maximum Gasteiger partial charge on any atom is 0.0531 e. The molecule has 72 valence electrons. The van der Waals surface area contributed by atoms with E-state index in [4.69, 9.17) is 11.6 Å². The van der Waals surface area contributed by atoms with Gasteiger partial charge in [0.1, 0.15) is 0 Å². The fourth-order valence-electron chi connectivity index (χ4n) is 0.921. The van der Waals surface area contributed by atoms with Gasteiger partial charge < -0.3 is 5.32 Å². The minimum Gasteiger partial charge on any atom is -0.383 e. The first-order chi connectivity index (χ1) is 6.20. The lowest BCUT2D eigenvalue weighted by molar-refractivity contribution is 0.616. The Bertz CT molecular complexity index is 236. The summed E-state index contributed by atoms with van der Waals surface area (Å²) in [7, 11) is 0. The third-order valence-corrected chi connectivity index (χ3v) is 2.56. The van der Waals surface area contributed by atoms with Gasteiger partial charge in [0.15, 0.2) is 0 Å². The molecular weight excluding hydrogens is 184 g/mol. The van der Waals surface area contributed by atoms with E-state index in [1.807, 2.05) is 12.1 Å². The molecule has 0 fully saturated rings. The van der Waals surface area contributed by atoms with Crippen molar-refractivity contribution in [2.45, 2.75) is 19.2 Å². The van der Waals surface area contributed by atoms with Crippen LogP contribution in [0.2, 0.25) is 0 Å². The van der Waals surface area contributed by atoms with Gasteiger partial charge in [0, 0.05) is 24.6 Å². The summed E-state index contributed by atoms with van der Waals surface area (Å²) in [5.74, 6) is 0.496.